The Morgan fingerprint density at radius 1 is 1.29 bits per heavy atom. The minimum absolute atomic E-state index is 0.0299. The van der Waals surface area contributed by atoms with E-state index in [9.17, 15) is 9.90 Å². The Balaban J connectivity index is 2.87. The lowest BCUT2D eigenvalue weighted by Gasteiger charge is -2.27. The van der Waals surface area contributed by atoms with Gasteiger partial charge in [0.1, 0.15) is 0 Å². The van der Waals surface area contributed by atoms with Crippen molar-refractivity contribution in [3.63, 3.8) is 0 Å². The number of amides is 1. The second-order valence-corrected chi connectivity index (χ2v) is 6.60. The minimum Gasteiger partial charge on any atom is -0.395 e. The van der Waals surface area contributed by atoms with Gasteiger partial charge in [-0.15, -0.1) is 0 Å². The van der Waals surface area contributed by atoms with E-state index in [1.165, 1.54) is 0 Å². The molecule has 1 rings (SSSR count). The molecule has 21 heavy (non-hydrogen) atoms. The summed E-state index contributed by atoms with van der Waals surface area (Å²) < 4.78 is 0. The summed E-state index contributed by atoms with van der Waals surface area (Å²) in [5, 5.41) is 12.5. The van der Waals surface area contributed by atoms with Gasteiger partial charge in [0.15, 0.2) is 0 Å². The van der Waals surface area contributed by atoms with E-state index in [1.807, 2.05) is 43.5 Å². The van der Waals surface area contributed by atoms with Gasteiger partial charge in [0.2, 0.25) is 5.91 Å². The summed E-state index contributed by atoms with van der Waals surface area (Å²) >= 11 is 1.58. The molecule has 118 valence electrons. The fraction of sp³-hybridized carbons (Fsp3) is 0.588. The molecule has 1 aromatic rings. The number of carbonyl (C=O) groups is 1. The van der Waals surface area contributed by atoms with Crippen molar-refractivity contribution in [2.75, 3.05) is 12.9 Å². The zero-order valence-electron chi connectivity index (χ0n) is 13.4. The molecule has 3 nitrogen and oxygen atoms in total. The Hall–Kier alpha value is -1.00. The molecular formula is C17H27NO2S. The normalized spacial score (nSPS) is 16.8. The van der Waals surface area contributed by atoms with Crippen LogP contribution in [0.2, 0.25) is 0 Å². The number of nitrogens with one attached hydrogen (secondary N) is 1. The number of hydrogen-bond acceptors (Lipinski definition) is 3. The fourth-order valence-electron chi connectivity index (χ4n) is 2.48. The standard InChI is InChI=1S/C17H27NO2S/c1-5-12(2)16(14-9-7-6-8-10-14)17(20)18-13(3)15(11-19)21-4/h6-10,12-13,15-16,19H,5,11H2,1-4H3,(H,18,20). The van der Waals surface area contributed by atoms with E-state index in [2.05, 4.69) is 19.2 Å². The van der Waals surface area contributed by atoms with Gasteiger partial charge in [-0.05, 0) is 24.7 Å². The molecule has 1 amide bonds. The molecule has 4 atom stereocenters. The highest BCUT2D eigenvalue weighted by atomic mass is 32.2. The van der Waals surface area contributed by atoms with Gasteiger partial charge in [-0.25, -0.2) is 0 Å². The Labute approximate surface area is 132 Å². The third kappa shape index (κ3) is 5.04. The van der Waals surface area contributed by atoms with E-state index in [-0.39, 0.29) is 35.6 Å². The van der Waals surface area contributed by atoms with Crippen LogP contribution in [0.25, 0.3) is 0 Å². The van der Waals surface area contributed by atoms with E-state index >= 15 is 0 Å². The first-order valence-corrected chi connectivity index (χ1v) is 8.82. The Kier molecular flexibility index (Phi) is 7.83. The van der Waals surface area contributed by atoms with Crippen molar-refractivity contribution >= 4 is 17.7 Å². The number of aliphatic hydroxyl groups excluding tert-OH is 1. The molecule has 0 aliphatic carbocycles. The van der Waals surface area contributed by atoms with Gasteiger partial charge in [0.25, 0.3) is 0 Å². The van der Waals surface area contributed by atoms with Crippen LogP contribution < -0.4 is 5.32 Å². The number of benzene rings is 1. The molecule has 2 N–H and O–H groups in total. The van der Waals surface area contributed by atoms with Crippen LogP contribution in [0.5, 0.6) is 0 Å². The number of rotatable bonds is 8. The summed E-state index contributed by atoms with van der Waals surface area (Å²) in [5.41, 5.74) is 1.06. The van der Waals surface area contributed by atoms with Gasteiger partial charge in [0.05, 0.1) is 12.5 Å². The van der Waals surface area contributed by atoms with E-state index in [0.29, 0.717) is 0 Å². The maximum absolute atomic E-state index is 12.7. The summed E-state index contributed by atoms with van der Waals surface area (Å²) in [6.45, 7) is 6.24. The Bertz CT molecular complexity index is 420. The minimum atomic E-state index is -0.139. The SMILES string of the molecule is CCC(C)C(C(=O)NC(C)C(CO)SC)c1ccccc1. The zero-order chi connectivity index (χ0) is 15.8. The summed E-state index contributed by atoms with van der Waals surface area (Å²) in [4.78, 5) is 12.7. The molecule has 1 aromatic carbocycles. The molecule has 4 unspecified atom stereocenters. The molecule has 0 spiro atoms. The largest absolute Gasteiger partial charge is 0.395 e. The molecule has 0 bridgehead atoms. The van der Waals surface area contributed by atoms with Crippen LogP contribution in [0.1, 0.15) is 38.7 Å². The predicted octanol–water partition coefficient (Wildman–Crippen LogP) is 3.04. The zero-order valence-corrected chi connectivity index (χ0v) is 14.2. The van der Waals surface area contributed by atoms with Crippen LogP contribution in [0.3, 0.4) is 0 Å². The van der Waals surface area contributed by atoms with Crippen LogP contribution in [-0.4, -0.2) is 35.2 Å². The summed E-state index contributed by atoms with van der Waals surface area (Å²) in [5.74, 6) is 0.192. The molecular weight excluding hydrogens is 282 g/mol. The van der Waals surface area contributed by atoms with Crippen molar-refractivity contribution in [3.8, 4) is 0 Å². The monoisotopic (exact) mass is 309 g/mol. The smallest absolute Gasteiger partial charge is 0.228 e. The lowest BCUT2D eigenvalue weighted by atomic mass is 9.84. The quantitative estimate of drug-likeness (QED) is 0.776. The molecule has 0 aromatic heterocycles. The van der Waals surface area contributed by atoms with Crippen LogP contribution in [0.4, 0.5) is 0 Å². The van der Waals surface area contributed by atoms with Crippen LogP contribution in [0, 0.1) is 5.92 Å². The third-order valence-corrected chi connectivity index (χ3v) is 5.23. The van der Waals surface area contributed by atoms with E-state index in [4.69, 9.17) is 0 Å². The van der Waals surface area contributed by atoms with Crippen LogP contribution in [-0.2, 0) is 4.79 Å². The van der Waals surface area contributed by atoms with Gasteiger partial charge in [0, 0.05) is 11.3 Å². The van der Waals surface area contributed by atoms with Gasteiger partial charge >= 0.3 is 0 Å². The van der Waals surface area contributed by atoms with Gasteiger partial charge in [-0.3, -0.25) is 4.79 Å². The number of carbonyl (C=O) groups excluding carboxylic acids is 1. The highest BCUT2D eigenvalue weighted by Crippen LogP contribution is 2.27. The van der Waals surface area contributed by atoms with Crippen molar-refractivity contribution < 1.29 is 9.90 Å². The summed E-state index contributed by atoms with van der Waals surface area (Å²) in [6, 6.07) is 9.89. The van der Waals surface area contributed by atoms with Crippen molar-refractivity contribution in [1.82, 2.24) is 5.32 Å². The number of hydrogen-bond donors (Lipinski definition) is 2. The molecule has 0 fully saturated rings. The number of aliphatic hydroxyl groups is 1. The maximum Gasteiger partial charge on any atom is 0.228 e. The van der Waals surface area contributed by atoms with E-state index in [1.54, 1.807) is 11.8 Å². The van der Waals surface area contributed by atoms with Crippen molar-refractivity contribution in [2.24, 2.45) is 5.92 Å². The van der Waals surface area contributed by atoms with Gasteiger partial charge in [-0.2, -0.15) is 11.8 Å². The van der Waals surface area contributed by atoms with Crippen LogP contribution >= 0.6 is 11.8 Å². The van der Waals surface area contributed by atoms with Gasteiger partial charge in [-0.1, -0.05) is 50.6 Å². The molecule has 0 radical (unpaired) electrons. The van der Waals surface area contributed by atoms with Crippen LogP contribution in [0.15, 0.2) is 30.3 Å². The first-order valence-electron chi connectivity index (χ1n) is 7.54. The third-order valence-electron chi connectivity index (χ3n) is 4.06. The Morgan fingerprint density at radius 3 is 2.38 bits per heavy atom. The molecule has 0 saturated heterocycles. The fourth-order valence-corrected chi connectivity index (χ4v) is 3.10. The lowest BCUT2D eigenvalue weighted by Crippen LogP contribution is -2.44. The molecule has 4 heteroatoms. The highest BCUT2D eigenvalue weighted by Gasteiger charge is 2.28. The summed E-state index contributed by atoms with van der Waals surface area (Å²) in [7, 11) is 0. The topological polar surface area (TPSA) is 49.3 Å². The second kappa shape index (κ2) is 9.11. The Morgan fingerprint density at radius 2 is 1.90 bits per heavy atom. The molecule has 0 aliphatic heterocycles. The van der Waals surface area contributed by atoms with Gasteiger partial charge < -0.3 is 10.4 Å². The second-order valence-electron chi connectivity index (χ2n) is 5.53. The predicted molar refractivity (Wildman–Crippen MR) is 90.6 cm³/mol. The summed E-state index contributed by atoms with van der Waals surface area (Å²) in [6.07, 6.45) is 2.90. The van der Waals surface area contributed by atoms with E-state index in [0.717, 1.165) is 12.0 Å². The average Bonchev–Trinajstić information content (AvgIpc) is 2.49. The first kappa shape index (κ1) is 18.1. The van der Waals surface area contributed by atoms with Crippen molar-refractivity contribution in [3.05, 3.63) is 35.9 Å². The molecule has 0 aliphatic rings. The number of thioether (sulfide) groups is 1. The van der Waals surface area contributed by atoms with E-state index < -0.39 is 0 Å². The molecule has 0 heterocycles. The first-order chi connectivity index (χ1) is 10.0. The van der Waals surface area contributed by atoms with Crippen molar-refractivity contribution in [1.29, 1.82) is 0 Å². The average molecular weight is 309 g/mol. The molecule has 0 saturated carbocycles. The van der Waals surface area contributed by atoms with Crippen molar-refractivity contribution in [2.45, 2.75) is 44.4 Å². The maximum atomic E-state index is 12.7. The lowest BCUT2D eigenvalue weighted by molar-refractivity contribution is -0.124. The highest BCUT2D eigenvalue weighted by molar-refractivity contribution is 7.99.